The summed E-state index contributed by atoms with van der Waals surface area (Å²) in [5, 5.41) is 0.770. The Labute approximate surface area is 133 Å². The van der Waals surface area contributed by atoms with E-state index in [0.717, 1.165) is 11.7 Å². The van der Waals surface area contributed by atoms with Gasteiger partial charge in [-0.3, -0.25) is 4.79 Å². The van der Waals surface area contributed by atoms with E-state index in [9.17, 15) is 4.79 Å². The average Bonchev–Trinajstić information content (AvgIpc) is 2.98. The topological polar surface area (TPSA) is 57.9 Å². The molecule has 0 bridgehead atoms. The number of hydrogen-bond donors (Lipinski definition) is 0. The molecule has 3 rings (SSSR count). The number of methoxy groups -OCH3 is 3. The summed E-state index contributed by atoms with van der Waals surface area (Å²) < 4.78 is 21.9. The lowest BCUT2D eigenvalue weighted by Gasteiger charge is -2.13. The Bertz CT molecular complexity index is 838. The summed E-state index contributed by atoms with van der Waals surface area (Å²) in [6.07, 6.45) is 0.796. The summed E-state index contributed by atoms with van der Waals surface area (Å²) in [5.41, 5.74) is 1.83. The highest BCUT2D eigenvalue weighted by molar-refractivity contribution is 6.02. The fourth-order valence-corrected chi connectivity index (χ4v) is 2.61. The van der Waals surface area contributed by atoms with Crippen LogP contribution in [-0.4, -0.2) is 27.6 Å². The van der Waals surface area contributed by atoms with Gasteiger partial charge in [0.05, 0.1) is 26.9 Å². The van der Waals surface area contributed by atoms with Crippen molar-refractivity contribution >= 4 is 17.3 Å². The van der Waals surface area contributed by atoms with Crippen LogP contribution < -0.4 is 14.2 Å². The minimum absolute atomic E-state index is 0.473. The lowest BCUT2D eigenvalue weighted by atomic mass is 10.1. The maximum Gasteiger partial charge on any atom is 0.203 e. The van der Waals surface area contributed by atoms with Gasteiger partial charge in [-0.05, 0) is 18.2 Å². The van der Waals surface area contributed by atoms with Gasteiger partial charge in [0.1, 0.15) is 11.3 Å². The molecule has 0 radical (unpaired) electrons. The monoisotopic (exact) mass is 312 g/mol. The minimum Gasteiger partial charge on any atom is -0.493 e. The fraction of sp³-hybridized carbons (Fsp3) is 0.167. The van der Waals surface area contributed by atoms with Crippen LogP contribution in [0.25, 0.3) is 22.3 Å². The van der Waals surface area contributed by atoms with Crippen molar-refractivity contribution in [3.8, 4) is 28.6 Å². The quantitative estimate of drug-likeness (QED) is 0.668. The molecule has 0 aliphatic rings. The zero-order chi connectivity index (χ0) is 16.4. The van der Waals surface area contributed by atoms with Gasteiger partial charge in [-0.2, -0.15) is 0 Å². The lowest BCUT2D eigenvalue weighted by Crippen LogP contribution is -1.96. The van der Waals surface area contributed by atoms with Crippen molar-refractivity contribution in [3.63, 3.8) is 0 Å². The second-order valence-corrected chi connectivity index (χ2v) is 4.87. The number of carbonyl (C=O) groups excluding carboxylic acids is 1. The molecule has 0 atom stereocenters. The van der Waals surface area contributed by atoms with Crippen molar-refractivity contribution in [2.45, 2.75) is 0 Å². The van der Waals surface area contributed by atoms with Gasteiger partial charge in [0, 0.05) is 10.9 Å². The van der Waals surface area contributed by atoms with Gasteiger partial charge in [-0.15, -0.1) is 0 Å². The summed E-state index contributed by atoms with van der Waals surface area (Å²) in [7, 11) is 4.62. The second kappa shape index (κ2) is 6.04. The highest BCUT2D eigenvalue weighted by Gasteiger charge is 2.20. The SMILES string of the molecule is COc1cc(-c2oc3ccccc3c2C=O)cc(OC)c1OC. The molecule has 0 aliphatic heterocycles. The molecule has 2 aromatic carbocycles. The third kappa shape index (κ3) is 2.40. The predicted octanol–water partition coefficient (Wildman–Crippen LogP) is 3.94. The normalized spacial score (nSPS) is 10.6. The molecule has 0 saturated carbocycles. The third-order valence-electron chi connectivity index (χ3n) is 3.68. The van der Waals surface area contributed by atoms with Crippen LogP contribution in [0.2, 0.25) is 0 Å². The molecule has 0 N–H and O–H groups in total. The first-order chi connectivity index (χ1) is 11.2. The van der Waals surface area contributed by atoms with Gasteiger partial charge in [-0.25, -0.2) is 0 Å². The van der Waals surface area contributed by atoms with Crippen LogP contribution in [0, 0.1) is 0 Å². The van der Waals surface area contributed by atoms with Crippen LogP contribution >= 0.6 is 0 Å². The van der Waals surface area contributed by atoms with Crippen LogP contribution in [-0.2, 0) is 0 Å². The Kier molecular flexibility index (Phi) is 3.93. The molecule has 5 nitrogen and oxygen atoms in total. The minimum atomic E-state index is 0.473. The van der Waals surface area contributed by atoms with Crippen LogP contribution in [0.3, 0.4) is 0 Å². The van der Waals surface area contributed by atoms with Gasteiger partial charge in [0.25, 0.3) is 0 Å². The molecule has 118 valence electrons. The van der Waals surface area contributed by atoms with Crippen LogP contribution in [0.4, 0.5) is 0 Å². The van der Waals surface area contributed by atoms with Gasteiger partial charge in [0.2, 0.25) is 5.75 Å². The van der Waals surface area contributed by atoms with Gasteiger partial charge in [0.15, 0.2) is 17.8 Å². The van der Waals surface area contributed by atoms with E-state index in [-0.39, 0.29) is 0 Å². The number of ether oxygens (including phenoxy) is 3. The Morgan fingerprint density at radius 1 is 0.957 bits per heavy atom. The van der Waals surface area contributed by atoms with E-state index in [1.165, 1.54) is 7.11 Å². The van der Waals surface area contributed by atoms with Crippen molar-refractivity contribution in [2.75, 3.05) is 21.3 Å². The Morgan fingerprint density at radius 2 is 1.61 bits per heavy atom. The first kappa shape index (κ1) is 15.0. The predicted molar refractivity (Wildman–Crippen MR) is 86.7 cm³/mol. The Morgan fingerprint density at radius 3 is 2.17 bits per heavy atom. The first-order valence-corrected chi connectivity index (χ1v) is 7.00. The van der Waals surface area contributed by atoms with Gasteiger partial charge < -0.3 is 18.6 Å². The molecule has 1 heterocycles. The van der Waals surface area contributed by atoms with E-state index in [4.69, 9.17) is 18.6 Å². The van der Waals surface area contributed by atoms with E-state index < -0.39 is 0 Å². The van der Waals surface area contributed by atoms with E-state index in [0.29, 0.717) is 39.7 Å². The Hall–Kier alpha value is -2.95. The summed E-state index contributed by atoms with van der Waals surface area (Å²) in [6, 6.07) is 10.9. The first-order valence-electron chi connectivity index (χ1n) is 7.00. The highest BCUT2D eigenvalue weighted by atomic mass is 16.5. The van der Waals surface area contributed by atoms with Crippen LogP contribution in [0.5, 0.6) is 17.2 Å². The zero-order valence-electron chi connectivity index (χ0n) is 13.1. The molecule has 5 heteroatoms. The summed E-state index contributed by atoms with van der Waals surface area (Å²) in [6.45, 7) is 0. The molecule has 0 unspecified atom stereocenters. The summed E-state index contributed by atoms with van der Waals surface area (Å²) >= 11 is 0. The van der Waals surface area contributed by atoms with E-state index in [1.807, 2.05) is 24.3 Å². The second-order valence-electron chi connectivity index (χ2n) is 4.87. The fourth-order valence-electron chi connectivity index (χ4n) is 2.61. The summed E-state index contributed by atoms with van der Waals surface area (Å²) in [4.78, 5) is 11.6. The molecule has 1 aromatic heterocycles. The molecule has 0 saturated heterocycles. The number of fused-ring (bicyclic) bond motifs is 1. The molecule has 3 aromatic rings. The van der Waals surface area contributed by atoms with Gasteiger partial charge >= 0.3 is 0 Å². The molecule has 0 spiro atoms. The van der Waals surface area contributed by atoms with E-state index in [2.05, 4.69) is 0 Å². The standard InChI is InChI=1S/C18H16O5/c1-20-15-8-11(9-16(21-2)18(15)22-3)17-13(10-19)12-6-4-5-7-14(12)23-17/h4-10H,1-3H3. The maximum absolute atomic E-state index is 11.6. The highest BCUT2D eigenvalue weighted by Crippen LogP contribution is 2.43. The van der Waals surface area contributed by atoms with Crippen LogP contribution in [0.1, 0.15) is 10.4 Å². The van der Waals surface area contributed by atoms with Crippen LogP contribution in [0.15, 0.2) is 40.8 Å². The molecular formula is C18H16O5. The number of benzene rings is 2. The number of aldehydes is 1. The average molecular weight is 312 g/mol. The number of para-hydroxylation sites is 1. The van der Waals surface area contributed by atoms with Crippen molar-refractivity contribution in [2.24, 2.45) is 0 Å². The zero-order valence-corrected chi connectivity index (χ0v) is 13.1. The molecule has 0 aliphatic carbocycles. The van der Waals surface area contributed by atoms with Gasteiger partial charge in [-0.1, -0.05) is 18.2 Å². The van der Waals surface area contributed by atoms with Crippen molar-refractivity contribution in [1.29, 1.82) is 0 Å². The van der Waals surface area contributed by atoms with E-state index >= 15 is 0 Å². The third-order valence-corrected chi connectivity index (χ3v) is 3.68. The van der Waals surface area contributed by atoms with E-state index in [1.54, 1.807) is 26.4 Å². The van der Waals surface area contributed by atoms with Crippen molar-refractivity contribution in [1.82, 2.24) is 0 Å². The largest absolute Gasteiger partial charge is 0.493 e. The smallest absolute Gasteiger partial charge is 0.203 e. The Balaban J connectivity index is 2.28. The number of rotatable bonds is 5. The maximum atomic E-state index is 11.6. The molecule has 0 amide bonds. The molecule has 23 heavy (non-hydrogen) atoms. The molecular weight excluding hydrogens is 296 g/mol. The number of carbonyl (C=O) groups is 1. The van der Waals surface area contributed by atoms with Crippen molar-refractivity contribution in [3.05, 3.63) is 42.0 Å². The molecule has 0 fully saturated rings. The number of hydrogen-bond acceptors (Lipinski definition) is 5. The summed E-state index contributed by atoms with van der Waals surface area (Å²) in [5.74, 6) is 1.96. The van der Waals surface area contributed by atoms with Crippen molar-refractivity contribution < 1.29 is 23.4 Å². The lowest BCUT2D eigenvalue weighted by molar-refractivity contribution is 0.112. The number of furan rings is 1.